The lowest BCUT2D eigenvalue weighted by Gasteiger charge is -2.38. The highest BCUT2D eigenvalue weighted by molar-refractivity contribution is 5.47. The number of hydrogen-bond acceptors (Lipinski definition) is 1. The van der Waals surface area contributed by atoms with Crippen LogP contribution in [0.25, 0.3) is 0 Å². The molecule has 0 amide bonds. The van der Waals surface area contributed by atoms with E-state index in [1.54, 1.807) is 0 Å². The fraction of sp³-hybridized carbons (Fsp3) is 0.154. The fourth-order valence-electron chi connectivity index (χ4n) is 3.46. The maximum atomic E-state index is 6.88. The van der Waals surface area contributed by atoms with Crippen LogP contribution < -0.4 is 0 Å². The number of benzene rings is 3. The number of rotatable bonds is 9. The van der Waals surface area contributed by atoms with Crippen LogP contribution in [-0.4, -0.2) is 6.10 Å². The second-order valence-corrected chi connectivity index (χ2v) is 6.54. The molecule has 0 aliphatic rings. The van der Waals surface area contributed by atoms with Crippen molar-refractivity contribution in [2.75, 3.05) is 0 Å². The van der Waals surface area contributed by atoms with E-state index in [2.05, 4.69) is 86.0 Å². The van der Waals surface area contributed by atoms with Crippen LogP contribution in [0.2, 0.25) is 0 Å². The molecule has 0 aliphatic heterocycles. The minimum atomic E-state index is -0.705. The van der Waals surface area contributed by atoms with Gasteiger partial charge in [-0.25, -0.2) is 0 Å². The predicted octanol–water partition coefficient (Wildman–Crippen LogP) is 6.52. The van der Waals surface area contributed by atoms with Gasteiger partial charge in [-0.2, -0.15) is 0 Å². The Morgan fingerprint density at radius 3 is 1.44 bits per heavy atom. The third-order valence-electron chi connectivity index (χ3n) is 4.79. The van der Waals surface area contributed by atoms with Crippen molar-refractivity contribution in [3.05, 3.63) is 133 Å². The van der Waals surface area contributed by atoms with Crippen molar-refractivity contribution < 1.29 is 4.74 Å². The van der Waals surface area contributed by atoms with Crippen molar-refractivity contribution >= 4 is 0 Å². The second kappa shape index (κ2) is 9.16. The van der Waals surface area contributed by atoms with Gasteiger partial charge in [0.05, 0.1) is 6.10 Å². The zero-order chi connectivity index (χ0) is 19.0. The maximum Gasteiger partial charge on any atom is 0.144 e. The van der Waals surface area contributed by atoms with Crippen LogP contribution >= 0.6 is 0 Å². The van der Waals surface area contributed by atoms with Gasteiger partial charge in [0.25, 0.3) is 0 Å². The Balaban J connectivity index is 2.22. The van der Waals surface area contributed by atoms with Crippen molar-refractivity contribution in [3.63, 3.8) is 0 Å². The molecule has 3 aromatic carbocycles. The van der Waals surface area contributed by atoms with Gasteiger partial charge in [-0.05, 0) is 29.5 Å². The van der Waals surface area contributed by atoms with E-state index < -0.39 is 5.60 Å². The van der Waals surface area contributed by atoms with Gasteiger partial charge in [-0.15, -0.1) is 13.2 Å². The van der Waals surface area contributed by atoms with E-state index in [0.29, 0.717) is 0 Å². The van der Waals surface area contributed by atoms with Gasteiger partial charge in [0.2, 0.25) is 0 Å². The molecular formula is C26H26O. The minimum absolute atomic E-state index is 0.0939. The zero-order valence-corrected chi connectivity index (χ0v) is 15.6. The van der Waals surface area contributed by atoms with E-state index in [0.717, 1.165) is 29.5 Å². The molecule has 3 rings (SSSR count). The second-order valence-electron chi connectivity index (χ2n) is 6.54. The molecule has 0 fully saturated rings. The Hall–Kier alpha value is -2.90. The Kier molecular flexibility index (Phi) is 6.40. The maximum absolute atomic E-state index is 6.88. The quantitative estimate of drug-likeness (QED) is 0.314. The lowest BCUT2D eigenvalue weighted by molar-refractivity contribution is -0.0271. The summed E-state index contributed by atoms with van der Waals surface area (Å²) in [7, 11) is 0. The lowest BCUT2D eigenvalue weighted by atomic mass is 9.79. The molecule has 0 heterocycles. The molecular weight excluding hydrogens is 328 g/mol. The lowest BCUT2D eigenvalue weighted by Crippen LogP contribution is -2.36. The highest BCUT2D eigenvalue weighted by Gasteiger charge is 2.39. The molecule has 27 heavy (non-hydrogen) atoms. The number of allylic oxidation sites excluding steroid dienone is 1. The van der Waals surface area contributed by atoms with Gasteiger partial charge in [0, 0.05) is 0 Å². The molecule has 0 aliphatic carbocycles. The largest absolute Gasteiger partial charge is 0.354 e. The molecule has 1 unspecified atom stereocenters. The molecule has 1 atom stereocenters. The third kappa shape index (κ3) is 4.10. The average Bonchev–Trinajstić information content (AvgIpc) is 2.76. The Labute approximate surface area is 162 Å². The van der Waals surface area contributed by atoms with Gasteiger partial charge >= 0.3 is 0 Å². The monoisotopic (exact) mass is 354 g/mol. The summed E-state index contributed by atoms with van der Waals surface area (Å²) in [5.74, 6) is 0. The highest BCUT2D eigenvalue weighted by Crippen LogP contribution is 2.41. The van der Waals surface area contributed by atoms with Crippen molar-refractivity contribution in [1.29, 1.82) is 0 Å². The summed E-state index contributed by atoms with van der Waals surface area (Å²) in [6, 6.07) is 31.3. The molecule has 3 aromatic rings. The van der Waals surface area contributed by atoms with Crippen LogP contribution in [-0.2, 0) is 10.3 Å². The van der Waals surface area contributed by atoms with Gasteiger partial charge in [-0.1, -0.05) is 103 Å². The smallest absolute Gasteiger partial charge is 0.144 e. The van der Waals surface area contributed by atoms with Crippen molar-refractivity contribution in [1.82, 2.24) is 0 Å². The van der Waals surface area contributed by atoms with Gasteiger partial charge in [0.15, 0.2) is 0 Å². The molecule has 0 bridgehead atoms. The van der Waals surface area contributed by atoms with Gasteiger partial charge < -0.3 is 4.74 Å². The summed E-state index contributed by atoms with van der Waals surface area (Å²) in [6.45, 7) is 7.87. The first-order valence-corrected chi connectivity index (χ1v) is 9.39. The van der Waals surface area contributed by atoms with Crippen LogP contribution in [0.4, 0.5) is 0 Å². The molecule has 0 radical (unpaired) electrons. The van der Waals surface area contributed by atoms with Crippen molar-refractivity contribution in [2.45, 2.75) is 24.5 Å². The fourth-order valence-corrected chi connectivity index (χ4v) is 3.46. The number of ether oxygens (including phenoxy) is 1. The molecule has 0 N–H and O–H groups in total. The first-order valence-electron chi connectivity index (χ1n) is 9.39. The average molecular weight is 354 g/mol. The SMILES string of the molecule is C=CCCC(C=C)OC(c1ccccc1)(c1ccccc1)c1ccccc1. The summed E-state index contributed by atoms with van der Waals surface area (Å²) in [5, 5.41) is 0. The molecule has 1 heteroatoms. The summed E-state index contributed by atoms with van der Waals surface area (Å²) < 4.78 is 6.88. The predicted molar refractivity (Wildman–Crippen MR) is 114 cm³/mol. The standard InChI is InChI=1S/C26H26O/c1-3-5-21-25(4-2)27-26(22-15-9-6-10-16-22,23-17-11-7-12-18-23)24-19-13-8-14-20-24/h3-4,6-20,25H,1-2,5,21H2. The van der Waals surface area contributed by atoms with Gasteiger partial charge in [0.1, 0.15) is 5.60 Å². The topological polar surface area (TPSA) is 9.23 Å². The highest BCUT2D eigenvalue weighted by atomic mass is 16.5. The summed E-state index contributed by atoms with van der Waals surface area (Å²) in [5.41, 5.74) is 2.61. The van der Waals surface area contributed by atoms with Crippen LogP contribution in [0, 0.1) is 0 Å². The van der Waals surface area contributed by atoms with E-state index in [1.807, 2.05) is 30.4 Å². The summed E-state index contributed by atoms with van der Waals surface area (Å²) >= 11 is 0. The molecule has 0 saturated heterocycles. The molecule has 0 saturated carbocycles. The third-order valence-corrected chi connectivity index (χ3v) is 4.79. The Bertz CT molecular complexity index is 740. The Morgan fingerprint density at radius 1 is 0.704 bits per heavy atom. The van der Waals surface area contributed by atoms with Gasteiger partial charge in [-0.3, -0.25) is 0 Å². The van der Waals surface area contributed by atoms with E-state index in [4.69, 9.17) is 4.74 Å². The van der Waals surface area contributed by atoms with Crippen LogP contribution in [0.5, 0.6) is 0 Å². The van der Waals surface area contributed by atoms with Crippen molar-refractivity contribution in [3.8, 4) is 0 Å². The number of hydrogen-bond donors (Lipinski definition) is 0. The Morgan fingerprint density at radius 2 is 1.11 bits per heavy atom. The molecule has 0 aromatic heterocycles. The summed E-state index contributed by atoms with van der Waals surface area (Å²) in [4.78, 5) is 0. The van der Waals surface area contributed by atoms with E-state index in [9.17, 15) is 0 Å². The zero-order valence-electron chi connectivity index (χ0n) is 15.6. The van der Waals surface area contributed by atoms with Crippen LogP contribution in [0.15, 0.2) is 116 Å². The van der Waals surface area contributed by atoms with E-state index in [-0.39, 0.29) is 6.10 Å². The first kappa shape index (κ1) is 18.9. The normalized spacial score (nSPS) is 12.3. The van der Waals surface area contributed by atoms with Crippen LogP contribution in [0.1, 0.15) is 29.5 Å². The van der Waals surface area contributed by atoms with E-state index >= 15 is 0 Å². The minimum Gasteiger partial charge on any atom is -0.354 e. The molecule has 0 spiro atoms. The summed E-state index contributed by atoms with van der Waals surface area (Å²) in [6.07, 6.45) is 5.46. The molecule has 1 nitrogen and oxygen atoms in total. The van der Waals surface area contributed by atoms with Crippen molar-refractivity contribution in [2.24, 2.45) is 0 Å². The first-order chi connectivity index (χ1) is 13.3. The van der Waals surface area contributed by atoms with E-state index in [1.165, 1.54) is 0 Å². The van der Waals surface area contributed by atoms with Crippen LogP contribution in [0.3, 0.4) is 0 Å². The molecule has 136 valence electrons.